The van der Waals surface area contributed by atoms with Gasteiger partial charge >= 0.3 is 6.03 Å². The number of imide groups is 1. The number of thiocarbonyl (C=S) groups is 1. The molecule has 3 N–H and O–H groups in total. The SMILES string of the molecule is NC(=S)c1ccc(CN2C(=O)CNC2=O)c(Cl)c1. The summed E-state index contributed by atoms with van der Waals surface area (Å²) in [7, 11) is 0. The fourth-order valence-electron chi connectivity index (χ4n) is 1.61. The summed E-state index contributed by atoms with van der Waals surface area (Å²) in [5.74, 6) is -0.269. The van der Waals surface area contributed by atoms with E-state index in [2.05, 4.69) is 5.32 Å². The molecule has 94 valence electrons. The number of urea groups is 1. The van der Waals surface area contributed by atoms with Crippen LogP contribution in [0.25, 0.3) is 0 Å². The Labute approximate surface area is 114 Å². The first-order chi connectivity index (χ1) is 8.49. The van der Waals surface area contributed by atoms with E-state index in [1.54, 1.807) is 18.2 Å². The number of hydrogen-bond donors (Lipinski definition) is 2. The van der Waals surface area contributed by atoms with Crippen LogP contribution in [0.15, 0.2) is 18.2 Å². The number of benzene rings is 1. The second kappa shape index (κ2) is 4.91. The van der Waals surface area contributed by atoms with Gasteiger partial charge < -0.3 is 11.1 Å². The van der Waals surface area contributed by atoms with Gasteiger partial charge in [0.15, 0.2) is 0 Å². The summed E-state index contributed by atoms with van der Waals surface area (Å²) in [6.07, 6.45) is 0. The second-order valence-corrected chi connectivity index (χ2v) is 4.66. The highest BCUT2D eigenvalue weighted by molar-refractivity contribution is 7.80. The van der Waals surface area contributed by atoms with E-state index in [0.29, 0.717) is 16.1 Å². The summed E-state index contributed by atoms with van der Waals surface area (Å²) < 4.78 is 0. The maximum atomic E-state index is 11.4. The van der Waals surface area contributed by atoms with Gasteiger partial charge in [0.2, 0.25) is 5.91 Å². The van der Waals surface area contributed by atoms with Crippen molar-refractivity contribution in [2.24, 2.45) is 5.73 Å². The molecule has 18 heavy (non-hydrogen) atoms. The highest BCUT2D eigenvalue weighted by Crippen LogP contribution is 2.20. The van der Waals surface area contributed by atoms with Crippen molar-refractivity contribution in [3.63, 3.8) is 0 Å². The Hall–Kier alpha value is -1.66. The highest BCUT2D eigenvalue weighted by atomic mass is 35.5. The van der Waals surface area contributed by atoms with Crippen LogP contribution in [0, 0.1) is 0 Å². The van der Waals surface area contributed by atoms with Crippen LogP contribution in [0.4, 0.5) is 4.79 Å². The van der Waals surface area contributed by atoms with Crippen molar-refractivity contribution in [3.05, 3.63) is 34.3 Å². The summed E-state index contributed by atoms with van der Waals surface area (Å²) in [4.78, 5) is 24.2. The van der Waals surface area contributed by atoms with Crippen LogP contribution in [0.2, 0.25) is 5.02 Å². The molecule has 0 radical (unpaired) electrons. The third-order valence-electron chi connectivity index (χ3n) is 2.60. The van der Waals surface area contributed by atoms with Crippen molar-refractivity contribution < 1.29 is 9.59 Å². The Bertz CT molecular complexity index is 531. The number of nitrogens with one attached hydrogen (secondary N) is 1. The van der Waals surface area contributed by atoms with E-state index >= 15 is 0 Å². The Morgan fingerprint density at radius 1 is 1.50 bits per heavy atom. The number of carbonyl (C=O) groups excluding carboxylic acids is 2. The molecule has 1 aromatic rings. The molecule has 0 bridgehead atoms. The predicted octanol–water partition coefficient (Wildman–Crippen LogP) is 1.03. The van der Waals surface area contributed by atoms with E-state index in [0.717, 1.165) is 4.90 Å². The van der Waals surface area contributed by atoms with Gasteiger partial charge in [-0.25, -0.2) is 4.79 Å². The van der Waals surface area contributed by atoms with E-state index in [4.69, 9.17) is 29.6 Å². The van der Waals surface area contributed by atoms with Gasteiger partial charge in [0.1, 0.15) is 4.99 Å². The summed E-state index contributed by atoms with van der Waals surface area (Å²) in [6, 6.07) is 4.63. The van der Waals surface area contributed by atoms with E-state index in [-0.39, 0.29) is 24.0 Å². The fraction of sp³-hybridized carbons (Fsp3) is 0.182. The van der Waals surface area contributed by atoms with Crippen molar-refractivity contribution in [2.45, 2.75) is 6.54 Å². The maximum Gasteiger partial charge on any atom is 0.324 e. The molecule has 1 fully saturated rings. The van der Waals surface area contributed by atoms with Crippen LogP contribution < -0.4 is 11.1 Å². The first kappa shape index (κ1) is 12.8. The summed E-state index contributed by atoms with van der Waals surface area (Å²) in [6.45, 7) is 0.169. The lowest BCUT2D eigenvalue weighted by Gasteiger charge is -2.14. The molecule has 1 aliphatic heterocycles. The number of nitrogens with two attached hydrogens (primary N) is 1. The van der Waals surface area contributed by atoms with Crippen molar-refractivity contribution >= 4 is 40.7 Å². The molecule has 0 unspecified atom stereocenters. The molecule has 1 aromatic carbocycles. The van der Waals surface area contributed by atoms with Crippen molar-refractivity contribution in [1.82, 2.24) is 10.2 Å². The molecule has 3 amide bonds. The van der Waals surface area contributed by atoms with Gasteiger partial charge in [0, 0.05) is 10.6 Å². The normalized spacial score (nSPS) is 14.8. The zero-order valence-electron chi connectivity index (χ0n) is 9.27. The Kier molecular flexibility index (Phi) is 3.49. The Morgan fingerprint density at radius 2 is 2.22 bits per heavy atom. The molecule has 0 aromatic heterocycles. The number of halogens is 1. The third kappa shape index (κ3) is 2.44. The van der Waals surface area contributed by atoms with Crippen LogP contribution in [-0.2, 0) is 11.3 Å². The number of carbonyl (C=O) groups is 2. The minimum atomic E-state index is -0.408. The van der Waals surface area contributed by atoms with Crippen LogP contribution in [0.3, 0.4) is 0 Å². The smallest absolute Gasteiger partial charge is 0.324 e. The molecular weight excluding hydrogens is 274 g/mol. The minimum absolute atomic E-state index is 0.0292. The molecule has 1 heterocycles. The van der Waals surface area contributed by atoms with Crippen LogP contribution in [0.5, 0.6) is 0 Å². The largest absolute Gasteiger partial charge is 0.389 e. The number of amides is 3. The predicted molar refractivity (Wildman–Crippen MR) is 71.3 cm³/mol. The quantitative estimate of drug-likeness (QED) is 0.642. The zero-order valence-corrected chi connectivity index (χ0v) is 10.8. The molecule has 7 heteroatoms. The standard InChI is InChI=1S/C11H10ClN3O2S/c12-8-3-6(10(13)18)1-2-7(8)5-15-9(16)4-14-11(15)17/h1-3H,4-5H2,(H2,13,18)(H,14,17). The van der Waals surface area contributed by atoms with Gasteiger partial charge in [-0.05, 0) is 11.6 Å². The first-order valence-corrected chi connectivity index (χ1v) is 5.94. The molecule has 0 aliphatic carbocycles. The number of rotatable bonds is 3. The zero-order chi connectivity index (χ0) is 13.3. The van der Waals surface area contributed by atoms with Crippen LogP contribution in [0.1, 0.15) is 11.1 Å². The van der Waals surface area contributed by atoms with E-state index < -0.39 is 6.03 Å². The topological polar surface area (TPSA) is 75.4 Å². The lowest BCUT2D eigenvalue weighted by Crippen LogP contribution is -2.30. The van der Waals surface area contributed by atoms with Crippen LogP contribution in [-0.4, -0.2) is 28.4 Å². The first-order valence-electron chi connectivity index (χ1n) is 5.15. The molecule has 0 atom stereocenters. The summed E-state index contributed by atoms with van der Waals surface area (Å²) in [5.41, 5.74) is 6.80. The molecule has 2 rings (SSSR count). The van der Waals surface area contributed by atoms with E-state index in [1.807, 2.05) is 0 Å². The van der Waals surface area contributed by atoms with Gasteiger partial charge in [0.25, 0.3) is 0 Å². The average Bonchev–Trinajstić information content (AvgIpc) is 2.63. The molecule has 5 nitrogen and oxygen atoms in total. The molecule has 0 spiro atoms. The molecule has 1 saturated heterocycles. The highest BCUT2D eigenvalue weighted by Gasteiger charge is 2.28. The van der Waals surface area contributed by atoms with Gasteiger partial charge in [0.05, 0.1) is 13.1 Å². The lowest BCUT2D eigenvalue weighted by molar-refractivity contribution is -0.125. The minimum Gasteiger partial charge on any atom is -0.389 e. The van der Waals surface area contributed by atoms with E-state index in [9.17, 15) is 9.59 Å². The average molecular weight is 284 g/mol. The van der Waals surface area contributed by atoms with Crippen molar-refractivity contribution in [2.75, 3.05) is 6.54 Å². The van der Waals surface area contributed by atoms with Gasteiger partial charge in [-0.15, -0.1) is 0 Å². The molecule has 1 aliphatic rings. The number of nitrogens with zero attached hydrogens (tertiary/aromatic N) is 1. The molecule has 0 saturated carbocycles. The Balaban J connectivity index is 2.22. The third-order valence-corrected chi connectivity index (χ3v) is 3.19. The maximum absolute atomic E-state index is 11.4. The fourth-order valence-corrected chi connectivity index (χ4v) is 1.98. The summed E-state index contributed by atoms with van der Waals surface area (Å²) >= 11 is 10.9. The lowest BCUT2D eigenvalue weighted by atomic mass is 10.1. The van der Waals surface area contributed by atoms with Gasteiger partial charge in [-0.3, -0.25) is 9.69 Å². The number of hydrogen-bond acceptors (Lipinski definition) is 3. The Morgan fingerprint density at radius 3 is 2.72 bits per heavy atom. The summed E-state index contributed by atoms with van der Waals surface area (Å²) in [5, 5.41) is 2.87. The van der Waals surface area contributed by atoms with E-state index in [1.165, 1.54) is 0 Å². The van der Waals surface area contributed by atoms with Gasteiger partial charge in [-0.1, -0.05) is 36.0 Å². The molecular formula is C11H10ClN3O2S. The van der Waals surface area contributed by atoms with Crippen LogP contribution >= 0.6 is 23.8 Å². The van der Waals surface area contributed by atoms with Gasteiger partial charge in [-0.2, -0.15) is 0 Å². The second-order valence-electron chi connectivity index (χ2n) is 3.81. The van der Waals surface area contributed by atoms with Crippen molar-refractivity contribution in [1.29, 1.82) is 0 Å². The van der Waals surface area contributed by atoms with Crippen molar-refractivity contribution in [3.8, 4) is 0 Å². The monoisotopic (exact) mass is 283 g/mol.